The topological polar surface area (TPSA) is 0 Å². The minimum absolute atomic E-state index is 0.0708. The number of hydrogen-bond donors (Lipinski definition) is 0. The Labute approximate surface area is 345 Å². The van der Waals surface area contributed by atoms with Gasteiger partial charge in [-0.25, -0.2) is 0 Å². The molecule has 6 aromatic rings. The van der Waals surface area contributed by atoms with E-state index in [0.29, 0.717) is 21.2 Å². The van der Waals surface area contributed by atoms with Gasteiger partial charge in [-0.1, -0.05) is 91.3 Å². The van der Waals surface area contributed by atoms with E-state index in [1.165, 1.54) is 48.5 Å². The summed E-state index contributed by atoms with van der Waals surface area (Å²) in [5.74, 6) is -0.210. The maximum atomic E-state index is 13.8. The van der Waals surface area contributed by atoms with Gasteiger partial charge in [0.2, 0.25) is 0 Å². The SMILES string of the molecule is FC(F)(F)c1ccc(P(c2ccc(C(F)(F)F)cc2)c2cccc3c2C2c4c(cccc4P(c4ccc(C(F)(F)F)cc4)c4ccc(C(F)(F)F)cc4)C3[C@@H]3CCC[C@H]23)cc1. The van der Waals surface area contributed by atoms with Crippen LogP contribution in [0, 0.1) is 11.8 Å². The largest absolute Gasteiger partial charge is 0.416 e. The Bertz CT molecular complexity index is 2290. The molecular weight excluding hydrogens is 854 g/mol. The maximum absolute atomic E-state index is 13.8. The first-order valence-electron chi connectivity index (χ1n) is 19.4. The molecule has 314 valence electrons. The van der Waals surface area contributed by atoms with Crippen molar-refractivity contribution in [3.63, 3.8) is 0 Å². The van der Waals surface area contributed by atoms with E-state index in [0.717, 1.165) is 101 Å². The van der Waals surface area contributed by atoms with Gasteiger partial charge in [-0.3, -0.25) is 0 Å². The first-order chi connectivity index (χ1) is 28.8. The molecule has 61 heavy (non-hydrogen) atoms. The van der Waals surface area contributed by atoms with Crippen molar-refractivity contribution in [2.24, 2.45) is 11.8 Å². The third-order valence-corrected chi connectivity index (χ3v) is 17.3. The number of hydrogen-bond acceptors (Lipinski definition) is 0. The maximum Gasteiger partial charge on any atom is 0.416 e. The zero-order valence-corrected chi connectivity index (χ0v) is 33.4. The monoisotopic (exact) mass is 886 g/mol. The summed E-state index contributed by atoms with van der Waals surface area (Å²) < 4.78 is 166. The van der Waals surface area contributed by atoms with E-state index in [1.54, 1.807) is 0 Å². The Morgan fingerprint density at radius 1 is 0.344 bits per heavy atom. The fourth-order valence-electron chi connectivity index (χ4n) is 9.85. The predicted octanol–water partition coefficient (Wildman–Crippen LogP) is 12.3. The third kappa shape index (κ3) is 7.45. The van der Waals surface area contributed by atoms with E-state index >= 15 is 0 Å². The number of alkyl halides is 12. The van der Waals surface area contributed by atoms with Gasteiger partial charge in [-0.2, -0.15) is 52.7 Å². The Kier molecular flexibility index (Phi) is 10.3. The second-order valence-corrected chi connectivity index (χ2v) is 20.0. The van der Waals surface area contributed by atoms with Crippen LogP contribution in [0.1, 0.15) is 75.6 Å². The van der Waals surface area contributed by atoms with Crippen molar-refractivity contribution >= 4 is 47.7 Å². The van der Waals surface area contributed by atoms with Crippen LogP contribution in [0.3, 0.4) is 0 Å². The minimum atomic E-state index is -4.63. The van der Waals surface area contributed by atoms with Gasteiger partial charge in [0, 0.05) is 11.8 Å². The van der Waals surface area contributed by atoms with E-state index < -0.39 is 62.8 Å². The van der Waals surface area contributed by atoms with Crippen molar-refractivity contribution in [2.45, 2.75) is 55.8 Å². The van der Waals surface area contributed by atoms with Crippen molar-refractivity contribution in [2.75, 3.05) is 0 Å². The highest BCUT2D eigenvalue weighted by molar-refractivity contribution is 7.80. The fraction of sp³-hybridized carbons (Fsp3) is 0.234. The Morgan fingerprint density at radius 2 is 0.623 bits per heavy atom. The van der Waals surface area contributed by atoms with Crippen molar-refractivity contribution < 1.29 is 52.7 Å². The van der Waals surface area contributed by atoms with Gasteiger partial charge in [-0.05, 0) is 143 Å². The van der Waals surface area contributed by atoms with Gasteiger partial charge < -0.3 is 0 Å². The average molecular weight is 887 g/mol. The summed E-state index contributed by atoms with van der Waals surface area (Å²) in [4.78, 5) is 0. The second-order valence-electron chi connectivity index (χ2n) is 15.6. The van der Waals surface area contributed by atoms with Crippen LogP contribution < -0.4 is 31.8 Å². The molecule has 0 saturated heterocycles. The van der Waals surface area contributed by atoms with Gasteiger partial charge >= 0.3 is 24.7 Å². The molecule has 0 unspecified atom stereocenters. The highest BCUT2D eigenvalue weighted by atomic mass is 31.1. The number of benzene rings is 6. The van der Waals surface area contributed by atoms with Crippen LogP contribution in [0.4, 0.5) is 52.7 Å². The van der Waals surface area contributed by atoms with E-state index in [1.807, 2.05) is 36.4 Å². The normalized spacial score (nSPS) is 19.9. The van der Waals surface area contributed by atoms with Crippen LogP contribution in [-0.4, -0.2) is 0 Å². The van der Waals surface area contributed by atoms with E-state index in [2.05, 4.69) is 0 Å². The lowest BCUT2D eigenvalue weighted by molar-refractivity contribution is -0.138. The lowest BCUT2D eigenvalue weighted by atomic mass is 9.55. The summed E-state index contributed by atoms with van der Waals surface area (Å²) in [6.45, 7) is 0. The molecule has 0 amide bonds. The molecule has 2 atom stereocenters. The van der Waals surface area contributed by atoms with Crippen molar-refractivity contribution in [3.05, 3.63) is 178 Å². The molecule has 1 fully saturated rings. The summed E-state index contributed by atoms with van der Waals surface area (Å²) in [5, 5.41) is 3.50. The van der Waals surface area contributed by atoms with E-state index in [9.17, 15) is 52.7 Å². The Balaban J connectivity index is 1.27. The van der Waals surface area contributed by atoms with Crippen LogP contribution in [0.5, 0.6) is 0 Å². The summed E-state index contributed by atoms with van der Waals surface area (Å²) in [6.07, 6.45) is -15.9. The first kappa shape index (κ1) is 41.7. The van der Waals surface area contributed by atoms with Gasteiger partial charge in [0.05, 0.1) is 22.3 Å². The number of rotatable bonds is 6. The number of halogens is 12. The minimum Gasteiger partial charge on any atom is -0.166 e. The molecule has 0 radical (unpaired) electrons. The highest BCUT2D eigenvalue weighted by Crippen LogP contribution is 2.64. The van der Waals surface area contributed by atoms with Gasteiger partial charge in [0.25, 0.3) is 0 Å². The second kappa shape index (κ2) is 15.0. The molecule has 0 heterocycles. The molecule has 2 bridgehead atoms. The molecule has 1 saturated carbocycles. The smallest absolute Gasteiger partial charge is 0.166 e. The molecule has 0 aromatic heterocycles. The Hall–Kier alpha value is -4.66. The molecule has 0 aliphatic heterocycles. The first-order valence-corrected chi connectivity index (χ1v) is 22.0. The van der Waals surface area contributed by atoms with E-state index in [-0.39, 0.29) is 23.7 Å². The van der Waals surface area contributed by atoms with Gasteiger partial charge in [0.1, 0.15) is 0 Å². The van der Waals surface area contributed by atoms with Crippen LogP contribution in [-0.2, 0) is 24.7 Å². The lowest BCUT2D eigenvalue weighted by Crippen LogP contribution is -2.43. The Morgan fingerprint density at radius 3 is 0.902 bits per heavy atom. The molecule has 14 heteroatoms. The standard InChI is InChI=1S/C47H32F12P2/c48-44(49,50)26-10-18-30(19-11-26)60(31-20-12-27(13-21-31)45(51,52)53)38-8-2-6-36-40-34-4-1-5-35(34)43(41(36)38)42-37(40)7-3-9-39(42)61(32-22-14-28(15-23-32)46(54,55)56)33-24-16-29(17-25-33)47(57,58)59/h2-3,6-25,34-35,40,43H,1,4-5H2/t34-,35+,40?,43?/m1/s1. The zero-order valence-electron chi connectivity index (χ0n) is 31.6. The summed E-state index contributed by atoms with van der Waals surface area (Å²) >= 11 is 0. The molecule has 0 spiro atoms. The predicted molar refractivity (Wildman–Crippen MR) is 215 cm³/mol. The molecule has 0 N–H and O–H groups in total. The van der Waals surface area contributed by atoms with Crippen molar-refractivity contribution in [3.8, 4) is 0 Å². The highest BCUT2D eigenvalue weighted by Gasteiger charge is 2.53. The van der Waals surface area contributed by atoms with Crippen LogP contribution in [0.15, 0.2) is 133 Å². The fourth-order valence-corrected chi connectivity index (χ4v) is 14.8. The third-order valence-electron chi connectivity index (χ3n) is 12.3. The molecule has 6 aromatic carbocycles. The molecule has 4 aliphatic carbocycles. The van der Waals surface area contributed by atoms with E-state index in [4.69, 9.17) is 0 Å². The van der Waals surface area contributed by atoms with Crippen LogP contribution in [0.25, 0.3) is 0 Å². The molecule has 10 rings (SSSR count). The quantitative estimate of drug-likeness (QED) is 0.115. The van der Waals surface area contributed by atoms with Crippen molar-refractivity contribution in [1.29, 1.82) is 0 Å². The van der Waals surface area contributed by atoms with Crippen molar-refractivity contribution in [1.82, 2.24) is 0 Å². The summed E-state index contributed by atoms with van der Waals surface area (Å²) in [7, 11) is -3.52. The van der Waals surface area contributed by atoms with Crippen LogP contribution >= 0.6 is 15.8 Å². The van der Waals surface area contributed by atoms with Gasteiger partial charge in [0.15, 0.2) is 0 Å². The van der Waals surface area contributed by atoms with Gasteiger partial charge in [-0.15, -0.1) is 0 Å². The molecule has 4 aliphatic rings. The van der Waals surface area contributed by atoms with Crippen LogP contribution in [0.2, 0.25) is 0 Å². The average Bonchev–Trinajstić information content (AvgIpc) is 3.72. The summed E-state index contributed by atoms with van der Waals surface area (Å²) in [5.41, 5.74) is 0.373. The molecular formula is C47H32F12P2. The summed E-state index contributed by atoms with van der Waals surface area (Å²) in [6, 6.07) is 30.3. The zero-order chi connectivity index (χ0) is 43.2. The molecule has 0 nitrogen and oxygen atoms in total. The lowest BCUT2D eigenvalue weighted by Gasteiger charge is -2.51.